The number of nitrogens with zero attached hydrogens (tertiary/aromatic N) is 1. The van der Waals surface area contributed by atoms with Crippen molar-refractivity contribution in [1.29, 1.82) is 0 Å². The zero-order valence-corrected chi connectivity index (χ0v) is 16.3. The van der Waals surface area contributed by atoms with Crippen LogP contribution in [0.2, 0.25) is 0 Å². The van der Waals surface area contributed by atoms with Gasteiger partial charge in [0, 0.05) is 13.1 Å². The van der Waals surface area contributed by atoms with Gasteiger partial charge in [-0.1, -0.05) is 17.6 Å². The highest BCUT2D eigenvalue weighted by molar-refractivity contribution is 5.76. The smallest absolute Gasteiger partial charge is 0.224 e. The first-order valence-corrected chi connectivity index (χ1v) is 9.68. The van der Waals surface area contributed by atoms with E-state index in [0.717, 1.165) is 32.4 Å². The number of carbonyl (C=O) groups is 1. The van der Waals surface area contributed by atoms with E-state index < -0.39 is 0 Å². The maximum atomic E-state index is 12.2. The highest BCUT2D eigenvalue weighted by atomic mass is 16.6. The second kappa shape index (κ2) is 16.7. The van der Waals surface area contributed by atoms with Crippen molar-refractivity contribution in [1.82, 2.24) is 4.90 Å². The van der Waals surface area contributed by atoms with Gasteiger partial charge in [0.15, 0.2) is 0 Å². The summed E-state index contributed by atoms with van der Waals surface area (Å²) in [4.78, 5) is 14.1. The topological polar surface area (TPSA) is 83.2 Å². The minimum atomic E-state index is 0.161. The van der Waals surface area contributed by atoms with Crippen molar-refractivity contribution < 1.29 is 23.7 Å². The molecular formula is C20H34N2O5. The first-order chi connectivity index (χ1) is 13.3. The molecular weight excluding hydrogens is 348 g/mol. The number of likely N-dealkylation sites (tertiary alicyclic amines) is 1. The van der Waals surface area contributed by atoms with E-state index in [-0.39, 0.29) is 5.91 Å². The lowest BCUT2D eigenvalue weighted by atomic mass is 10.0. The Labute approximate surface area is 163 Å². The standard InChI is InChI=1S/C20H34N2O5/c1-2-11-24-13-15-26-17-18-27-16-14-25-12-7-20(23)22-9-5-19(6-10-22)4-3-8-21/h1,4H,3,5-18,21H2. The summed E-state index contributed by atoms with van der Waals surface area (Å²) < 4.78 is 21.3. The first-order valence-electron chi connectivity index (χ1n) is 9.68. The molecule has 1 heterocycles. The van der Waals surface area contributed by atoms with Gasteiger partial charge in [-0.2, -0.15) is 0 Å². The predicted molar refractivity (Wildman–Crippen MR) is 104 cm³/mol. The van der Waals surface area contributed by atoms with Gasteiger partial charge in [0.25, 0.3) is 0 Å². The number of ether oxygens (including phenoxy) is 4. The third-order valence-corrected chi connectivity index (χ3v) is 4.12. The number of hydrogen-bond donors (Lipinski definition) is 1. The average Bonchev–Trinajstić information content (AvgIpc) is 2.70. The van der Waals surface area contributed by atoms with Gasteiger partial charge in [0.05, 0.1) is 52.7 Å². The number of carbonyl (C=O) groups excluding carboxylic acids is 1. The van der Waals surface area contributed by atoms with Gasteiger partial charge < -0.3 is 29.6 Å². The van der Waals surface area contributed by atoms with Crippen molar-refractivity contribution in [2.75, 3.05) is 72.5 Å². The third kappa shape index (κ3) is 12.6. The molecule has 0 aromatic rings. The molecule has 2 N–H and O–H groups in total. The Morgan fingerprint density at radius 1 is 1.00 bits per heavy atom. The monoisotopic (exact) mass is 382 g/mol. The maximum absolute atomic E-state index is 12.2. The Bertz CT molecular complexity index is 452. The summed E-state index contributed by atoms with van der Waals surface area (Å²) in [6.45, 7) is 5.99. The molecule has 7 heteroatoms. The van der Waals surface area contributed by atoms with Crippen molar-refractivity contribution in [3.8, 4) is 12.3 Å². The summed E-state index contributed by atoms with van der Waals surface area (Å²) in [5, 5.41) is 0. The summed E-state index contributed by atoms with van der Waals surface area (Å²) in [6.07, 6.45) is 10.5. The highest BCUT2D eigenvalue weighted by Gasteiger charge is 2.18. The predicted octanol–water partition coefficient (Wildman–Crippen LogP) is 0.974. The van der Waals surface area contributed by atoms with E-state index in [1.54, 1.807) is 0 Å². The Morgan fingerprint density at radius 3 is 2.11 bits per heavy atom. The van der Waals surface area contributed by atoms with Crippen LogP contribution in [0.4, 0.5) is 0 Å². The number of terminal acetylenes is 1. The molecule has 1 aliphatic rings. The Balaban J connectivity index is 1.88. The van der Waals surface area contributed by atoms with Crippen molar-refractivity contribution in [2.45, 2.75) is 25.7 Å². The van der Waals surface area contributed by atoms with Gasteiger partial charge in [0.2, 0.25) is 5.91 Å². The second-order valence-electron chi connectivity index (χ2n) is 6.16. The normalized spacial score (nSPS) is 14.2. The average molecular weight is 383 g/mol. The lowest BCUT2D eigenvalue weighted by Crippen LogP contribution is -2.36. The summed E-state index contributed by atoms with van der Waals surface area (Å²) in [5.74, 6) is 2.55. The van der Waals surface area contributed by atoms with Crippen LogP contribution in [-0.2, 0) is 23.7 Å². The van der Waals surface area contributed by atoms with Crippen LogP contribution in [0, 0.1) is 12.3 Å². The zero-order chi connectivity index (χ0) is 19.6. The minimum absolute atomic E-state index is 0.161. The molecule has 154 valence electrons. The van der Waals surface area contributed by atoms with E-state index in [4.69, 9.17) is 31.1 Å². The molecule has 1 amide bonds. The third-order valence-electron chi connectivity index (χ3n) is 4.12. The van der Waals surface area contributed by atoms with Crippen LogP contribution in [-0.4, -0.2) is 83.3 Å². The molecule has 0 spiro atoms. The molecule has 0 saturated carbocycles. The summed E-state index contributed by atoms with van der Waals surface area (Å²) >= 11 is 0. The fourth-order valence-electron chi connectivity index (χ4n) is 2.64. The molecule has 0 radical (unpaired) electrons. The summed E-state index contributed by atoms with van der Waals surface area (Å²) in [6, 6.07) is 0. The van der Waals surface area contributed by atoms with E-state index in [1.165, 1.54) is 5.57 Å². The van der Waals surface area contributed by atoms with E-state index in [9.17, 15) is 4.79 Å². The fourth-order valence-corrected chi connectivity index (χ4v) is 2.64. The van der Waals surface area contributed by atoms with Crippen molar-refractivity contribution in [3.63, 3.8) is 0 Å². The number of hydrogen-bond acceptors (Lipinski definition) is 6. The number of nitrogens with two attached hydrogens (primary N) is 1. The van der Waals surface area contributed by atoms with Gasteiger partial charge in [-0.25, -0.2) is 0 Å². The van der Waals surface area contributed by atoms with Crippen LogP contribution in [0.1, 0.15) is 25.7 Å². The van der Waals surface area contributed by atoms with Crippen LogP contribution in [0.3, 0.4) is 0 Å². The zero-order valence-electron chi connectivity index (χ0n) is 16.3. The highest BCUT2D eigenvalue weighted by Crippen LogP contribution is 2.17. The number of piperidine rings is 1. The van der Waals surface area contributed by atoms with E-state index in [1.807, 2.05) is 4.90 Å². The minimum Gasteiger partial charge on any atom is -0.379 e. The van der Waals surface area contributed by atoms with Crippen molar-refractivity contribution in [2.24, 2.45) is 5.73 Å². The maximum Gasteiger partial charge on any atom is 0.224 e. The quantitative estimate of drug-likeness (QED) is 0.258. The number of amides is 1. The van der Waals surface area contributed by atoms with E-state index in [0.29, 0.717) is 65.8 Å². The van der Waals surface area contributed by atoms with Crippen LogP contribution < -0.4 is 5.73 Å². The molecule has 0 bridgehead atoms. The summed E-state index contributed by atoms with van der Waals surface area (Å²) in [7, 11) is 0. The van der Waals surface area contributed by atoms with Gasteiger partial charge in [0.1, 0.15) is 6.61 Å². The number of rotatable bonds is 15. The van der Waals surface area contributed by atoms with Gasteiger partial charge in [-0.05, 0) is 25.8 Å². The van der Waals surface area contributed by atoms with Crippen LogP contribution in [0.15, 0.2) is 11.6 Å². The largest absolute Gasteiger partial charge is 0.379 e. The summed E-state index contributed by atoms with van der Waals surface area (Å²) in [5.41, 5.74) is 6.93. The van der Waals surface area contributed by atoms with E-state index >= 15 is 0 Å². The van der Waals surface area contributed by atoms with E-state index in [2.05, 4.69) is 12.0 Å². The SMILES string of the molecule is C#CCOCCOCCOCCOCCC(=O)N1CCC(=CCCN)CC1. The molecule has 0 atom stereocenters. The molecule has 1 aliphatic heterocycles. The molecule has 1 saturated heterocycles. The molecule has 1 fully saturated rings. The van der Waals surface area contributed by atoms with Crippen LogP contribution in [0.25, 0.3) is 0 Å². The Morgan fingerprint density at radius 2 is 1.56 bits per heavy atom. The molecule has 0 aliphatic carbocycles. The molecule has 1 rings (SSSR count). The molecule has 7 nitrogen and oxygen atoms in total. The fraction of sp³-hybridized carbons (Fsp3) is 0.750. The Hall–Kier alpha value is -1.43. The lowest BCUT2D eigenvalue weighted by Gasteiger charge is -2.28. The second-order valence-corrected chi connectivity index (χ2v) is 6.16. The Kier molecular flexibility index (Phi) is 14.6. The lowest BCUT2D eigenvalue weighted by molar-refractivity contribution is -0.132. The molecule has 27 heavy (non-hydrogen) atoms. The van der Waals surface area contributed by atoms with Crippen molar-refractivity contribution in [3.05, 3.63) is 11.6 Å². The van der Waals surface area contributed by atoms with Crippen LogP contribution >= 0.6 is 0 Å². The van der Waals surface area contributed by atoms with Crippen molar-refractivity contribution >= 4 is 5.91 Å². The molecule has 0 aromatic carbocycles. The molecule has 0 unspecified atom stereocenters. The van der Waals surface area contributed by atoms with Gasteiger partial charge in [-0.3, -0.25) is 4.79 Å². The first kappa shape index (κ1) is 23.6. The van der Waals surface area contributed by atoms with Crippen LogP contribution in [0.5, 0.6) is 0 Å². The van der Waals surface area contributed by atoms with Gasteiger partial charge in [-0.15, -0.1) is 6.42 Å². The van der Waals surface area contributed by atoms with Gasteiger partial charge >= 0.3 is 0 Å². The molecule has 0 aromatic heterocycles.